The van der Waals surface area contributed by atoms with E-state index in [0.29, 0.717) is 17.8 Å². The fourth-order valence-corrected chi connectivity index (χ4v) is 2.38. The molecule has 1 saturated carbocycles. The van der Waals surface area contributed by atoms with E-state index in [4.69, 9.17) is 16.3 Å². The van der Waals surface area contributed by atoms with Crippen LogP contribution in [0.15, 0.2) is 24.3 Å². The molecule has 1 aliphatic carbocycles. The van der Waals surface area contributed by atoms with Crippen LogP contribution in [0.1, 0.15) is 23.4 Å². The minimum atomic E-state index is 0.488. The van der Waals surface area contributed by atoms with Crippen molar-refractivity contribution in [3.8, 4) is 5.19 Å². The molecule has 1 N–H and O–H groups in total. The quantitative estimate of drug-likeness (QED) is 0.890. The molecule has 1 heterocycles. The van der Waals surface area contributed by atoms with Crippen LogP contribution in [0.2, 0.25) is 5.02 Å². The summed E-state index contributed by atoms with van der Waals surface area (Å²) >= 11 is 7.32. The molecule has 0 bridgehead atoms. The minimum absolute atomic E-state index is 0.488. The molecule has 6 heteroatoms. The van der Waals surface area contributed by atoms with Gasteiger partial charge in [-0.1, -0.05) is 40.2 Å². The maximum atomic E-state index is 5.83. The highest BCUT2D eigenvalue weighted by Gasteiger charge is 2.20. The van der Waals surface area contributed by atoms with Crippen molar-refractivity contribution in [2.45, 2.75) is 32.0 Å². The number of benzene rings is 1. The highest BCUT2D eigenvalue weighted by atomic mass is 35.5. The van der Waals surface area contributed by atoms with Crippen molar-refractivity contribution in [3.63, 3.8) is 0 Å². The summed E-state index contributed by atoms with van der Waals surface area (Å²) < 4.78 is 5.61. The van der Waals surface area contributed by atoms with Crippen molar-refractivity contribution in [1.29, 1.82) is 0 Å². The van der Waals surface area contributed by atoms with E-state index < -0.39 is 0 Å². The molecule has 0 aliphatic heterocycles. The first-order valence-corrected chi connectivity index (χ1v) is 7.42. The second kappa shape index (κ2) is 5.86. The van der Waals surface area contributed by atoms with Crippen molar-refractivity contribution in [1.82, 2.24) is 15.5 Å². The molecule has 0 amide bonds. The average molecular weight is 296 g/mol. The normalized spacial score (nSPS) is 14.6. The van der Waals surface area contributed by atoms with Gasteiger partial charge in [-0.2, -0.15) is 0 Å². The minimum Gasteiger partial charge on any atom is -0.464 e. The lowest BCUT2D eigenvalue weighted by atomic mass is 10.2. The Balaban J connectivity index is 1.50. The summed E-state index contributed by atoms with van der Waals surface area (Å²) in [5, 5.41) is 13.8. The molecule has 100 valence electrons. The zero-order valence-corrected chi connectivity index (χ0v) is 11.9. The first-order chi connectivity index (χ1) is 9.29. The Morgan fingerprint density at radius 2 is 2.05 bits per heavy atom. The van der Waals surface area contributed by atoms with E-state index in [1.54, 1.807) is 0 Å². The zero-order chi connectivity index (χ0) is 13.1. The molecule has 0 spiro atoms. The summed E-state index contributed by atoms with van der Waals surface area (Å²) in [6.07, 6.45) is 2.55. The van der Waals surface area contributed by atoms with E-state index in [9.17, 15) is 0 Å². The van der Waals surface area contributed by atoms with Gasteiger partial charge >= 0.3 is 0 Å². The summed E-state index contributed by atoms with van der Waals surface area (Å²) in [5.41, 5.74) is 1.07. The van der Waals surface area contributed by atoms with Crippen molar-refractivity contribution >= 4 is 22.9 Å². The molecule has 1 aromatic carbocycles. The Morgan fingerprint density at radius 1 is 1.26 bits per heavy atom. The van der Waals surface area contributed by atoms with E-state index in [1.807, 2.05) is 24.3 Å². The molecule has 3 rings (SSSR count). The third-order valence-electron chi connectivity index (χ3n) is 2.84. The SMILES string of the molecule is Clc1ccc(COc2nnc(CNC3CC3)s2)cc1. The first-order valence-electron chi connectivity index (χ1n) is 6.22. The number of nitrogens with zero attached hydrogens (tertiary/aromatic N) is 2. The highest BCUT2D eigenvalue weighted by molar-refractivity contribution is 7.13. The van der Waals surface area contributed by atoms with E-state index in [-0.39, 0.29) is 0 Å². The van der Waals surface area contributed by atoms with Crippen LogP contribution in [0.25, 0.3) is 0 Å². The van der Waals surface area contributed by atoms with Crippen LogP contribution in [-0.4, -0.2) is 16.2 Å². The molecule has 0 radical (unpaired) electrons. The Bertz CT molecular complexity index is 539. The molecule has 1 aromatic heterocycles. The highest BCUT2D eigenvalue weighted by Crippen LogP contribution is 2.22. The average Bonchev–Trinajstić information content (AvgIpc) is 3.15. The molecular formula is C13H14ClN3OS. The van der Waals surface area contributed by atoms with E-state index >= 15 is 0 Å². The van der Waals surface area contributed by atoms with Gasteiger partial charge in [0.05, 0.1) is 6.54 Å². The van der Waals surface area contributed by atoms with Crippen molar-refractivity contribution in [2.75, 3.05) is 0 Å². The predicted molar refractivity (Wildman–Crippen MR) is 75.6 cm³/mol. The molecule has 19 heavy (non-hydrogen) atoms. The summed E-state index contributed by atoms with van der Waals surface area (Å²) in [7, 11) is 0. The van der Waals surface area contributed by atoms with Crippen molar-refractivity contribution < 1.29 is 4.74 Å². The van der Waals surface area contributed by atoms with Gasteiger partial charge in [0.1, 0.15) is 11.6 Å². The van der Waals surface area contributed by atoms with Crippen LogP contribution >= 0.6 is 22.9 Å². The van der Waals surface area contributed by atoms with E-state index in [0.717, 1.165) is 22.1 Å². The standard InChI is InChI=1S/C13H14ClN3OS/c14-10-3-1-9(2-4-10)8-18-13-17-16-12(19-13)7-15-11-5-6-11/h1-4,11,15H,5-8H2. The topological polar surface area (TPSA) is 47.0 Å². The smallest absolute Gasteiger partial charge is 0.294 e. The number of hydrogen-bond acceptors (Lipinski definition) is 5. The lowest BCUT2D eigenvalue weighted by Gasteiger charge is -2.01. The Hall–Kier alpha value is -1.17. The molecule has 0 atom stereocenters. The van der Waals surface area contributed by atoms with Crippen molar-refractivity contribution in [3.05, 3.63) is 39.9 Å². The summed E-state index contributed by atoms with van der Waals surface area (Å²) in [4.78, 5) is 0. The third kappa shape index (κ3) is 3.89. The Morgan fingerprint density at radius 3 is 2.79 bits per heavy atom. The number of hydrogen-bond donors (Lipinski definition) is 1. The van der Waals surface area contributed by atoms with Crippen LogP contribution in [0, 0.1) is 0 Å². The lowest BCUT2D eigenvalue weighted by Crippen LogP contribution is -2.14. The van der Waals surface area contributed by atoms with Crippen molar-refractivity contribution in [2.24, 2.45) is 0 Å². The van der Waals surface area contributed by atoms with Crippen LogP contribution in [0.3, 0.4) is 0 Å². The van der Waals surface area contributed by atoms with Crippen LogP contribution in [-0.2, 0) is 13.2 Å². The predicted octanol–water partition coefficient (Wildman–Crippen LogP) is 3.02. The maximum Gasteiger partial charge on any atom is 0.294 e. The molecule has 0 unspecified atom stereocenters. The fourth-order valence-electron chi connectivity index (χ4n) is 1.61. The number of rotatable bonds is 6. The van der Waals surface area contributed by atoms with E-state index in [2.05, 4.69) is 15.5 Å². The van der Waals surface area contributed by atoms with Gasteiger partial charge in [0.15, 0.2) is 0 Å². The van der Waals surface area contributed by atoms with Gasteiger partial charge in [-0.05, 0) is 30.5 Å². The Labute approximate surface area is 120 Å². The number of ether oxygens (including phenoxy) is 1. The van der Waals surface area contributed by atoms with Gasteiger partial charge in [-0.25, -0.2) is 0 Å². The number of nitrogens with one attached hydrogen (secondary N) is 1. The Kier molecular flexibility index (Phi) is 3.96. The van der Waals surface area contributed by atoms with Gasteiger partial charge in [-0.15, -0.1) is 5.10 Å². The van der Waals surface area contributed by atoms with Crippen LogP contribution in [0.4, 0.5) is 0 Å². The number of halogens is 1. The fraction of sp³-hybridized carbons (Fsp3) is 0.385. The van der Waals surface area contributed by atoms with Gasteiger partial charge in [-0.3, -0.25) is 0 Å². The largest absolute Gasteiger partial charge is 0.464 e. The van der Waals surface area contributed by atoms with Crippen LogP contribution in [0.5, 0.6) is 5.19 Å². The summed E-state index contributed by atoms with van der Waals surface area (Å²) in [6, 6.07) is 8.27. The molecule has 0 saturated heterocycles. The van der Waals surface area contributed by atoms with Gasteiger partial charge in [0.25, 0.3) is 5.19 Å². The van der Waals surface area contributed by atoms with Gasteiger partial charge in [0.2, 0.25) is 0 Å². The van der Waals surface area contributed by atoms with Gasteiger partial charge in [0, 0.05) is 11.1 Å². The second-order valence-corrected chi connectivity index (χ2v) is 5.99. The first kappa shape index (κ1) is 12.8. The molecule has 4 nitrogen and oxygen atoms in total. The third-order valence-corrected chi connectivity index (χ3v) is 3.93. The summed E-state index contributed by atoms with van der Waals surface area (Å²) in [6.45, 7) is 1.27. The summed E-state index contributed by atoms with van der Waals surface area (Å²) in [5.74, 6) is 0. The maximum absolute atomic E-state index is 5.83. The molecule has 1 fully saturated rings. The van der Waals surface area contributed by atoms with Crippen LogP contribution < -0.4 is 10.1 Å². The number of aromatic nitrogens is 2. The molecule has 1 aliphatic rings. The van der Waals surface area contributed by atoms with Gasteiger partial charge < -0.3 is 10.1 Å². The second-order valence-electron chi connectivity index (χ2n) is 4.53. The lowest BCUT2D eigenvalue weighted by molar-refractivity contribution is 0.302. The van der Waals surface area contributed by atoms with E-state index in [1.165, 1.54) is 24.2 Å². The monoisotopic (exact) mass is 295 g/mol. The molecular weight excluding hydrogens is 282 g/mol. The zero-order valence-electron chi connectivity index (χ0n) is 10.3. The molecule has 2 aromatic rings.